The van der Waals surface area contributed by atoms with Gasteiger partial charge in [-0.25, -0.2) is 8.42 Å². The number of aromatic nitrogens is 1. The number of hydrogen-bond donors (Lipinski definition) is 2. The number of nitrogens with zero attached hydrogens (tertiary/aromatic N) is 1. The lowest BCUT2D eigenvalue weighted by atomic mass is 10.0. The van der Waals surface area contributed by atoms with Gasteiger partial charge in [0.25, 0.3) is 5.91 Å². The number of H-pyrrole nitrogens is 1. The van der Waals surface area contributed by atoms with Crippen molar-refractivity contribution in [1.29, 1.82) is 0 Å². The number of likely N-dealkylation sites (tertiary alicyclic amines) is 1. The van der Waals surface area contributed by atoms with Crippen LogP contribution in [0.1, 0.15) is 45.6 Å². The average Bonchev–Trinajstić information content (AvgIpc) is 3.29. The Balaban J connectivity index is 1.34. The number of aryl methyl sites for hydroxylation is 2. The number of piperidine rings is 1. The summed E-state index contributed by atoms with van der Waals surface area (Å²) in [6.07, 6.45) is -3.15. The van der Waals surface area contributed by atoms with Gasteiger partial charge in [-0.1, -0.05) is 29.8 Å². The van der Waals surface area contributed by atoms with E-state index in [0.29, 0.717) is 48.4 Å². The van der Waals surface area contributed by atoms with E-state index in [0.717, 1.165) is 28.8 Å². The molecular weight excluding hydrogens is 575 g/mol. The van der Waals surface area contributed by atoms with E-state index in [2.05, 4.69) is 15.2 Å². The second kappa shape index (κ2) is 11.2. The average molecular weight is 604 g/mol. The minimum Gasteiger partial charge on any atom is -0.349 e. The Morgan fingerprint density at radius 2 is 1.63 bits per heavy atom. The molecule has 11 heteroatoms. The van der Waals surface area contributed by atoms with E-state index in [1.807, 2.05) is 19.9 Å². The first-order valence-electron chi connectivity index (χ1n) is 13.2. The van der Waals surface area contributed by atoms with E-state index < -0.39 is 27.5 Å². The first-order valence-corrected chi connectivity index (χ1v) is 15.0. The van der Waals surface area contributed by atoms with Crippen LogP contribution >= 0.6 is 11.6 Å². The Labute approximate surface area is 241 Å². The third kappa shape index (κ3) is 6.29. The third-order valence-corrected chi connectivity index (χ3v) is 9.38. The molecule has 2 N–H and O–H groups in total. The summed E-state index contributed by atoms with van der Waals surface area (Å²) >= 11 is 6.22. The van der Waals surface area contributed by atoms with Crippen LogP contribution in [0.3, 0.4) is 0 Å². The molecule has 1 aromatic heterocycles. The van der Waals surface area contributed by atoms with E-state index in [1.54, 1.807) is 30.3 Å². The van der Waals surface area contributed by atoms with Gasteiger partial charge in [-0.3, -0.25) is 9.69 Å². The molecule has 1 saturated heterocycles. The van der Waals surface area contributed by atoms with E-state index in [4.69, 9.17) is 11.6 Å². The van der Waals surface area contributed by atoms with Gasteiger partial charge in [-0.05, 0) is 85.8 Å². The summed E-state index contributed by atoms with van der Waals surface area (Å²) in [5, 5.41) is 3.68. The first-order chi connectivity index (χ1) is 19.3. The lowest BCUT2D eigenvalue weighted by molar-refractivity contribution is -0.137. The molecule has 1 aliphatic heterocycles. The number of sulfone groups is 1. The maximum atomic E-state index is 13.9. The molecule has 0 bridgehead atoms. The molecular formula is C30H29ClF3N3O3S. The largest absolute Gasteiger partial charge is 0.416 e. The number of rotatable bonds is 6. The standard InChI is InChI=1S/C30H29ClF3N3O3S/c1-18-13-19(2)15-24(14-18)41(39,40)28-25-16-22(31)7-8-26(25)36-27(28)29(38)35-23-9-11-37(12-10-23)17-20-3-5-21(6-4-20)30(32,33)34/h3-8,13-16,23,36H,9-12,17H2,1-2H3,(H,35,38). The van der Waals surface area contributed by atoms with Crippen molar-refractivity contribution < 1.29 is 26.4 Å². The van der Waals surface area contributed by atoms with Crippen molar-refractivity contribution in [3.63, 3.8) is 0 Å². The van der Waals surface area contributed by atoms with Gasteiger partial charge < -0.3 is 10.3 Å². The van der Waals surface area contributed by atoms with Crippen molar-refractivity contribution in [3.8, 4) is 0 Å². The van der Waals surface area contributed by atoms with Gasteiger partial charge >= 0.3 is 6.18 Å². The number of hydrogen-bond acceptors (Lipinski definition) is 4. The third-order valence-electron chi connectivity index (χ3n) is 7.32. The molecule has 0 saturated carbocycles. The van der Waals surface area contributed by atoms with E-state index in [1.165, 1.54) is 12.1 Å². The lowest BCUT2D eigenvalue weighted by Gasteiger charge is -2.32. The molecule has 0 radical (unpaired) electrons. The fourth-order valence-corrected chi connectivity index (χ4v) is 7.30. The number of carbonyl (C=O) groups is 1. The molecule has 1 fully saturated rings. The van der Waals surface area contributed by atoms with Gasteiger partial charge in [0.05, 0.1) is 10.5 Å². The number of benzene rings is 3. The molecule has 0 spiro atoms. The summed E-state index contributed by atoms with van der Waals surface area (Å²) in [6, 6.07) is 14.8. The molecule has 0 unspecified atom stereocenters. The maximum Gasteiger partial charge on any atom is 0.416 e. The highest BCUT2D eigenvalue weighted by Gasteiger charge is 2.32. The van der Waals surface area contributed by atoms with Gasteiger partial charge in [0.2, 0.25) is 9.84 Å². The molecule has 0 atom stereocenters. The normalized spacial score (nSPS) is 15.4. The van der Waals surface area contributed by atoms with Crippen molar-refractivity contribution in [1.82, 2.24) is 15.2 Å². The quantitative estimate of drug-likeness (QED) is 0.257. The fourth-order valence-electron chi connectivity index (χ4n) is 5.33. The molecule has 6 nitrogen and oxygen atoms in total. The number of halogens is 4. The van der Waals surface area contributed by atoms with E-state index in [-0.39, 0.29) is 21.5 Å². The summed E-state index contributed by atoms with van der Waals surface area (Å²) in [4.78, 5) is 18.6. The zero-order valence-electron chi connectivity index (χ0n) is 22.5. The van der Waals surface area contributed by atoms with Crippen molar-refractivity contribution in [2.24, 2.45) is 0 Å². The van der Waals surface area contributed by atoms with Crippen LogP contribution < -0.4 is 5.32 Å². The van der Waals surface area contributed by atoms with Gasteiger partial charge in [-0.2, -0.15) is 13.2 Å². The minimum absolute atomic E-state index is 0.0476. The van der Waals surface area contributed by atoms with Crippen LogP contribution in [-0.4, -0.2) is 43.3 Å². The maximum absolute atomic E-state index is 13.9. The molecule has 1 amide bonds. The first kappa shape index (κ1) is 29.2. The predicted molar refractivity (Wildman–Crippen MR) is 152 cm³/mol. The Kier molecular flexibility index (Phi) is 7.93. The van der Waals surface area contributed by atoms with Crippen molar-refractivity contribution in [2.75, 3.05) is 13.1 Å². The minimum atomic E-state index is -4.37. The SMILES string of the molecule is Cc1cc(C)cc(S(=O)(=O)c2c(C(=O)NC3CCN(Cc4ccc(C(F)(F)F)cc4)CC3)[nH]c3ccc(Cl)cc23)c1. The van der Waals surface area contributed by atoms with Gasteiger partial charge in [-0.15, -0.1) is 0 Å². The van der Waals surface area contributed by atoms with E-state index in [9.17, 15) is 26.4 Å². The Morgan fingerprint density at radius 3 is 2.24 bits per heavy atom. The summed E-state index contributed by atoms with van der Waals surface area (Å²) < 4.78 is 66.4. The summed E-state index contributed by atoms with van der Waals surface area (Å²) in [5.41, 5.74) is 2.10. The van der Waals surface area contributed by atoms with Gasteiger partial charge in [0.15, 0.2) is 0 Å². The topological polar surface area (TPSA) is 82.3 Å². The highest BCUT2D eigenvalue weighted by atomic mass is 35.5. The monoisotopic (exact) mass is 603 g/mol. The highest BCUT2D eigenvalue weighted by molar-refractivity contribution is 7.91. The van der Waals surface area contributed by atoms with Crippen LogP contribution in [0.5, 0.6) is 0 Å². The number of alkyl halides is 3. The van der Waals surface area contributed by atoms with Crippen molar-refractivity contribution >= 4 is 38.2 Å². The van der Waals surface area contributed by atoms with Crippen LogP contribution in [0.25, 0.3) is 10.9 Å². The number of nitrogens with one attached hydrogen (secondary N) is 2. The highest BCUT2D eigenvalue weighted by Crippen LogP contribution is 2.34. The number of amides is 1. The van der Waals surface area contributed by atoms with Crippen LogP contribution in [0.15, 0.2) is 70.5 Å². The number of fused-ring (bicyclic) bond motifs is 1. The number of aromatic amines is 1. The molecule has 216 valence electrons. The zero-order valence-corrected chi connectivity index (χ0v) is 24.1. The van der Waals surface area contributed by atoms with Crippen LogP contribution in [0, 0.1) is 13.8 Å². The fraction of sp³-hybridized carbons (Fsp3) is 0.300. The van der Waals surface area contributed by atoms with Crippen LogP contribution in [0.4, 0.5) is 13.2 Å². The Bertz CT molecular complexity index is 1690. The Morgan fingerprint density at radius 1 is 1.00 bits per heavy atom. The molecule has 2 heterocycles. The Hall–Kier alpha value is -3.34. The number of carbonyl (C=O) groups excluding carboxylic acids is 1. The van der Waals surface area contributed by atoms with Crippen LogP contribution in [0.2, 0.25) is 5.02 Å². The molecule has 3 aromatic carbocycles. The summed E-state index contributed by atoms with van der Waals surface area (Å²) in [6.45, 7) is 5.38. The lowest BCUT2D eigenvalue weighted by Crippen LogP contribution is -2.44. The van der Waals surface area contributed by atoms with Gasteiger partial charge in [0, 0.05) is 41.6 Å². The summed E-state index contributed by atoms with van der Waals surface area (Å²) in [5.74, 6) is -0.526. The predicted octanol–water partition coefficient (Wildman–Crippen LogP) is 6.68. The van der Waals surface area contributed by atoms with Crippen molar-refractivity contribution in [3.05, 3.63) is 93.6 Å². The smallest absolute Gasteiger partial charge is 0.349 e. The van der Waals surface area contributed by atoms with Crippen molar-refractivity contribution in [2.45, 2.75) is 55.2 Å². The van der Waals surface area contributed by atoms with Gasteiger partial charge in [0.1, 0.15) is 10.6 Å². The zero-order chi connectivity index (χ0) is 29.5. The molecule has 5 rings (SSSR count). The molecule has 0 aliphatic carbocycles. The summed E-state index contributed by atoms with van der Waals surface area (Å²) in [7, 11) is -4.09. The molecule has 41 heavy (non-hydrogen) atoms. The van der Waals surface area contributed by atoms with Crippen LogP contribution in [-0.2, 0) is 22.6 Å². The second-order valence-electron chi connectivity index (χ2n) is 10.6. The molecule has 4 aromatic rings. The molecule has 1 aliphatic rings. The second-order valence-corrected chi connectivity index (χ2v) is 12.9. The van der Waals surface area contributed by atoms with E-state index >= 15 is 0 Å².